The van der Waals surface area contributed by atoms with Crippen LogP contribution in [0.1, 0.15) is 44.5 Å². The van der Waals surface area contributed by atoms with Crippen LogP contribution in [0.15, 0.2) is 42.5 Å². The van der Waals surface area contributed by atoms with Gasteiger partial charge in [0.25, 0.3) is 0 Å². The fourth-order valence-electron chi connectivity index (χ4n) is 5.55. The van der Waals surface area contributed by atoms with Crippen molar-refractivity contribution < 1.29 is 0 Å². The monoisotopic (exact) mass is 467 g/mol. The first-order chi connectivity index (χ1) is 13.6. The van der Waals surface area contributed by atoms with Crippen molar-refractivity contribution in [1.82, 2.24) is 0 Å². The molecule has 0 fully saturated rings. The first-order valence-corrected chi connectivity index (χ1v) is 13.6. The zero-order valence-electron chi connectivity index (χ0n) is 19.1. The van der Waals surface area contributed by atoms with Crippen LogP contribution >= 0.6 is 23.2 Å². The molecule has 0 aromatic heterocycles. The highest BCUT2D eigenvalue weighted by molar-refractivity contribution is 9.08. The predicted octanol–water partition coefficient (Wildman–Crippen LogP) is 6.66. The number of halogens is 1. The van der Waals surface area contributed by atoms with Gasteiger partial charge in [-0.05, 0) is 87.4 Å². The lowest BCUT2D eigenvalue weighted by atomic mass is 10.1. The van der Waals surface area contributed by atoms with Crippen LogP contribution in [0.5, 0.6) is 0 Å². The molecule has 1 unspecified atom stereocenters. The van der Waals surface area contributed by atoms with E-state index in [1.807, 2.05) is 0 Å². The minimum atomic E-state index is -1.82. The third-order valence-electron chi connectivity index (χ3n) is 6.12. The number of rotatable bonds is 4. The molecule has 0 radical (unpaired) electrons. The highest BCUT2D eigenvalue weighted by Crippen LogP contribution is 2.56. The molecule has 3 rings (SSSR count). The Morgan fingerprint density at radius 3 is 1.41 bits per heavy atom. The van der Waals surface area contributed by atoms with E-state index in [1.54, 1.807) is 15.9 Å². The standard InChI is InChI=1S/C27H33BrP/c1-17-12-20(4)26(21(5)13-17)29(8,25-18(2)10-9-11-19(25)3)27-22(6)14-24(16-28)15-23(27)7/h9-15H,16H2,1-8H3/q+1. The van der Waals surface area contributed by atoms with Gasteiger partial charge in [0.1, 0.15) is 23.2 Å². The Morgan fingerprint density at radius 1 is 0.621 bits per heavy atom. The first kappa shape index (κ1) is 22.3. The summed E-state index contributed by atoms with van der Waals surface area (Å²) in [5.41, 5.74) is 11.2. The molecule has 3 aromatic carbocycles. The second-order valence-corrected chi connectivity index (χ2v) is 12.6. The molecule has 0 aliphatic heterocycles. The maximum absolute atomic E-state index is 3.65. The normalized spacial score (nSPS) is 13.4. The molecule has 0 heterocycles. The van der Waals surface area contributed by atoms with Crippen LogP contribution in [0.2, 0.25) is 0 Å². The van der Waals surface area contributed by atoms with Gasteiger partial charge >= 0.3 is 0 Å². The molecular formula is C27H33BrP+. The Balaban J connectivity index is 2.52. The highest BCUT2D eigenvalue weighted by Gasteiger charge is 2.46. The maximum Gasteiger partial charge on any atom is 0.110 e. The van der Waals surface area contributed by atoms with Crippen LogP contribution < -0.4 is 15.9 Å². The maximum atomic E-state index is 3.65. The van der Waals surface area contributed by atoms with Crippen LogP contribution in [0.25, 0.3) is 0 Å². The van der Waals surface area contributed by atoms with Gasteiger partial charge in [-0.1, -0.05) is 64.0 Å². The minimum Gasteiger partial charge on any atom is -0.0876 e. The molecule has 152 valence electrons. The first-order valence-electron chi connectivity index (χ1n) is 10.3. The van der Waals surface area contributed by atoms with Crippen molar-refractivity contribution in [2.45, 2.75) is 53.8 Å². The molecule has 3 aromatic rings. The van der Waals surface area contributed by atoms with Crippen molar-refractivity contribution in [3.05, 3.63) is 87.0 Å². The summed E-state index contributed by atoms with van der Waals surface area (Å²) in [4.78, 5) is 0. The van der Waals surface area contributed by atoms with Crippen LogP contribution in [-0.2, 0) is 5.33 Å². The lowest BCUT2D eigenvalue weighted by Crippen LogP contribution is -2.38. The lowest BCUT2D eigenvalue weighted by Gasteiger charge is -2.31. The number of hydrogen-bond donors (Lipinski definition) is 0. The van der Waals surface area contributed by atoms with Gasteiger partial charge < -0.3 is 0 Å². The molecule has 0 aliphatic rings. The minimum absolute atomic E-state index is 0.899. The molecule has 0 bridgehead atoms. The van der Waals surface area contributed by atoms with Crippen molar-refractivity contribution in [3.8, 4) is 0 Å². The van der Waals surface area contributed by atoms with Gasteiger partial charge in [0.2, 0.25) is 0 Å². The van der Waals surface area contributed by atoms with Gasteiger partial charge in [-0.2, -0.15) is 0 Å². The predicted molar refractivity (Wildman–Crippen MR) is 137 cm³/mol. The van der Waals surface area contributed by atoms with Gasteiger partial charge in [0, 0.05) is 5.33 Å². The van der Waals surface area contributed by atoms with Gasteiger partial charge in [-0.3, -0.25) is 0 Å². The quantitative estimate of drug-likeness (QED) is 0.297. The van der Waals surface area contributed by atoms with E-state index < -0.39 is 7.26 Å². The fourth-order valence-corrected chi connectivity index (χ4v) is 11.2. The molecule has 0 saturated carbocycles. The van der Waals surface area contributed by atoms with Crippen molar-refractivity contribution in [2.24, 2.45) is 0 Å². The number of aryl methyl sites for hydroxylation is 7. The molecule has 1 atom stereocenters. The molecule has 0 nitrogen and oxygen atoms in total. The summed E-state index contributed by atoms with van der Waals surface area (Å²) in [6.07, 6.45) is 0. The van der Waals surface area contributed by atoms with Crippen molar-refractivity contribution in [3.63, 3.8) is 0 Å². The number of hydrogen-bond acceptors (Lipinski definition) is 0. The van der Waals surface area contributed by atoms with Crippen molar-refractivity contribution in [1.29, 1.82) is 0 Å². The molecule has 0 spiro atoms. The third-order valence-corrected chi connectivity index (χ3v) is 11.6. The van der Waals surface area contributed by atoms with E-state index in [0.717, 1.165) is 5.33 Å². The zero-order valence-corrected chi connectivity index (χ0v) is 21.6. The van der Waals surface area contributed by atoms with E-state index in [9.17, 15) is 0 Å². The van der Waals surface area contributed by atoms with Crippen LogP contribution in [-0.4, -0.2) is 6.66 Å². The molecular weight excluding hydrogens is 435 g/mol. The SMILES string of the molecule is Cc1cc(C)c([P+](C)(c2c(C)cccc2C)c2c(C)cc(CBr)cc2C)c(C)c1. The topological polar surface area (TPSA) is 0 Å². The van der Waals surface area contributed by atoms with Gasteiger partial charge in [0.15, 0.2) is 0 Å². The third kappa shape index (κ3) is 3.85. The van der Waals surface area contributed by atoms with Crippen molar-refractivity contribution in [2.75, 3.05) is 6.66 Å². The Morgan fingerprint density at radius 2 is 1.00 bits per heavy atom. The molecule has 0 N–H and O–H groups in total. The van der Waals surface area contributed by atoms with E-state index in [2.05, 4.69) is 114 Å². The van der Waals surface area contributed by atoms with E-state index in [-0.39, 0.29) is 0 Å². The van der Waals surface area contributed by atoms with Crippen LogP contribution in [0.3, 0.4) is 0 Å². The summed E-state index contributed by atoms with van der Waals surface area (Å²) in [5, 5.41) is 5.55. The molecule has 0 saturated heterocycles. The summed E-state index contributed by atoms with van der Waals surface area (Å²) < 4.78 is 0. The molecule has 2 heteroatoms. The fraction of sp³-hybridized carbons (Fsp3) is 0.333. The number of alkyl halides is 1. The van der Waals surface area contributed by atoms with Crippen LogP contribution in [0.4, 0.5) is 0 Å². The largest absolute Gasteiger partial charge is 0.110 e. The second-order valence-electron chi connectivity index (χ2n) is 8.71. The zero-order chi connectivity index (χ0) is 21.5. The van der Waals surface area contributed by atoms with E-state index >= 15 is 0 Å². The summed E-state index contributed by atoms with van der Waals surface area (Å²) in [6.45, 7) is 18.6. The van der Waals surface area contributed by atoms with Gasteiger partial charge in [0.05, 0.1) is 6.66 Å². The summed E-state index contributed by atoms with van der Waals surface area (Å²) in [5.74, 6) is 0. The highest BCUT2D eigenvalue weighted by atomic mass is 79.9. The molecule has 29 heavy (non-hydrogen) atoms. The van der Waals surface area contributed by atoms with Crippen molar-refractivity contribution >= 4 is 39.1 Å². The molecule has 0 aliphatic carbocycles. The van der Waals surface area contributed by atoms with Gasteiger partial charge in [-0.15, -0.1) is 0 Å². The summed E-state index contributed by atoms with van der Waals surface area (Å²) in [7, 11) is -1.82. The Hall–Kier alpha value is -1.43. The smallest absolute Gasteiger partial charge is 0.0876 e. The average molecular weight is 468 g/mol. The molecule has 0 amide bonds. The lowest BCUT2D eigenvalue weighted by molar-refractivity contribution is 1.33. The Kier molecular flexibility index (Phi) is 6.42. The van der Waals surface area contributed by atoms with E-state index in [1.165, 1.54) is 44.5 Å². The van der Waals surface area contributed by atoms with E-state index in [0.29, 0.717) is 0 Å². The Labute approximate surface area is 186 Å². The number of benzene rings is 3. The Bertz CT molecular complexity index is 1010. The van der Waals surface area contributed by atoms with Gasteiger partial charge in [-0.25, -0.2) is 0 Å². The summed E-state index contributed by atoms with van der Waals surface area (Å²) >= 11 is 3.65. The second kappa shape index (κ2) is 8.37. The van der Waals surface area contributed by atoms with E-state index in [4.69, 9.17) is 0 Å². The summed E-state index contributed by atoms with van der Waals surface area (Å²) in [6, 6.07) is 16.3. The average Bonchev–Trinajstić information content (AvgIpc) is 2.59. The van der Waals surface area contributed by atoms with Crippen LogP contribution in [0, 0.1) is 48.5 Å².